The standard InChI is InChI=1S/C20H30N4O7/c1-28-17-14-15(2-3-16(17)24-7-4-18(25)23-20(24)27)22-19(26)5-8-29-10-12-31-13-11-30-9-6-21/h2-3,14H,4-13,21H2,1H3,(H,22,26)(H,23,25,27). The van der Waals surface area contributed by atoms with Gasteiger partial charge >= 0.3 is 6.03 Å². The number of benzene rings is 1. The van der Waals surface area contributed by atoms with E-state index in [2.05, 4.69) is 10.6 Å². The van der Waals surface area contributed by atoms with E-state index in [-0.39, 0.29) is 37.8 Å². The average Bonchev–Trinajstić information content (AvgIpc) is 2.75. The summed E-state index contributed by atoms with van der Waals surface area (Å²) in [5.74, 6) is -0.118. The molecule has 0 atom stereocenters. The predicted octanol–water partition coefficient (Wildman–Crippen LogP) is 0.479. The number of hydrogen-bond donors (Lipinski definition) is 3. The number of urea groups is 1. The summed E-state index contributed by atoms with van der Waals surface area (Å²) in [7, 11) is 1.47. The lowest BCUT2D eigenvalue weighted by molar-refractivity contribution is -0.120. The van der Waals surface area contributed by atoms with Gasteiger partial charge in [-0.05, 0) is 12.1 Å². The smallest absolute Gasteiger partial charge is 0.328 e. The molecule has 1 aliphatic rings. The third-order valence-corrected chi connectivity index (χ3v) is 4.29. The van der Waals surface area contributed by atoms with Gasteiger partial charge in [0.15, 0.2) is 0 Å². The number of nitrogens with one attached hydrogen (secondary N) is 2. The van der Waals surface area contributed by atoms with Crippen LogP contribution in [0.25, 0.3) is 0 Å². The number of amides is 4. The zero-order chi connectivity index (χ0) is 22.5. The normalized spacial score (nSPS) is 13.8. The van der Waals surface area contributed by atoms with E-state index in [1.807, 2.05) is 0 Å². The molecule has 172 valence electrons. The zero-order valence-electron chi connectivity index (χ0n) is 17.7. The number of rotatable bonds is 14. The quantitative estimate of drug-likeness (QED) is 0.356. The van der Waals surface area contributed by atoms with Crippen molar-refractivity contribution in [1.29, 1.82) is 0 Å². The molecular formula is C20H30N4O7. The van der Waals surface area contributed by atoms with Gasteiger partial charge in [0.2, 0.25) is 11.8 Å². The third-order valence-electron chi connectivity index (χ3n) is 4.29. The minimum absolute atomic E-state index is 0.181. The predicted molar refractivity (Wildman–Crippen MR) is 113 cm³/mol. The highest BCUT2D eigenvalue weighted by atomic mass is 16.5. The van der Waals surface area contributed by atoms with E-state index in [0.29, 0.717) is 56.7 Å². The van der Waals surface area contributed by atoms with E-state index in [4.69, 9.17) is 24.7 Å². The zero-order valence-corrected chi connectivity index (χ0v) is 17.7. The number of imide groups is 1. The van der Waals surface area contributed by atoms with Gasteiger partial charge in [-0.15, -0.1) is 0 Å². The van der Waals surface area contributed by atoms with Crippen LogP contribution in [0.15, 0.2) is 18.2 Å². The highest BCUT2D eigenvalue weighted by Crippen LogP contribution is 2.32. The molecule has 1 aromatic rings. The van der Waals surface area contributed by atoms with Gasteiger partial charge in [-0.2, -0.15) is 0 Å². The van der Waals surface area contributed by atoms with Crippen LogP contribution in [0, 0.1) is 0 Å². The van der Waals surface area contributed by atoms with Crippen LogP contribution in [0.1, 0.15) is 12.8 Å². The summed E-state index contributed by atoms with van der Waals surface area (Å²) >= 11 is 0. The lowest BCUT2D eigenvalue weighted by Gasteiger charge is -2.28. The molecule has 0 radical (unpaired) electrons. The van der Waals surface area contributed by atoms with E-state index >= 15 is 0 Å². The lowest BCUT2D eigenvalue weighted by Crippen LogP contribution is -2.49. The Morgan fingerprint density at radius 3 is 2.42 bits per heavy atom. The molecule has 0 aliphatic carbocycles. The molecule has 0 bridgehead atoms. The van der Waals surface area contributed by atoms with Crippen molar-refractivity contribution in [2.75, 3.05) is 70.1 Å². The SMILES string of the molecule is COc1cc(NC(=O)CCOCCOCCOCCN)ccc1N1CCC(=O)NC1=O. The first-order valence-electron chi connectivity index (χ1n) is 10.1. The Morgan fingerprint density at radius 2 is 1.77 bits per heavy atom. The van der Waals surface area contributed by atoms with Crippen molar-refractivity contribution in [2.45, 2.75) is 12.8 Å². The summed E-state index contributed by atoms with van der Waals surface area (Å²) in [6.45, 7) is 3.27. The van der Waals surface area contributed by atoms with Gasteiger partial charge in [-0.25, -0.2) is 4.79 Å². The fourth-order valence-corrected chi connectivity index (χ4v) is 2.79. The summed E-state index contributed by atoms with van der Waals surface area (Å²) in [4.78, 5) is 36.9. The monoisotopic (exact) mass is 438 g/mol. The van der Waals surface area contributed by atoms with Crippen LogP contribution in [0.3, 0.4) is 0 Å². The van der Waals surface area contributed by atoms with Crippen LogP contribution in [0.2, 0.25) is 0 Å². The molecule has 1 aliphatic heterocycles. The average molecular weight is 438 g/mol. The van der Waals surface area contributed by atoms with Gasteiger partial charge in [0, 0.05) is 31.3 Å². The van der Waals surface area contributed by atoms with E-state index in [1.165, 1.54) is 12.0 Å². The molecule has 0 spiro atoms. The largest absolute Gasteiger partial charge is 0.494 e. The van der Waals surface area contributed by atoms with Crippen molar-refractivity contribution in [3.63, 3.8) is 0 Å². The summed E-state index contributed by atoms with van der Waals surface area (Å²) < 4.78 is 21.2. The van der Waals surface area contributed by atoms with Crippen LogP contribution in [0.5, 0.6) is 5.75 Å². The number of carbonyl (C=O) groups excluding carboxylic acids is 3. The Balaban J connectivity index is 1.71. The first-order chi connectivity index (χ1) is 15.0. The lowest BCUT2D eigenvalue weighted by atomic mass is 10.2. The molecular weight excluding hydrogens is 408 g/mol. The fraction of sp³-hybridized carbons (Fsp3) is 0.550. The Morgan fingerprint density at radius 1 is 1.10 bits per heavy atom. The van der Waals surface area contributed by atoms with Crippen LogP contribution in [-0.2, 0) is 23.8 Å². The maximum Gasteiger partial charge on any atom is 0.328 e. The van der Waals surface area contributed by atoms with Gasteiger partial charge in [0.25, 0.3) is 0 Å². The number of carbonyl (C=O) groups is 3. The molecule has 1 heterocycles. The van der Waals surface area contributed by atoms with Gasteiger partial charge < -0.3 is 30.0 Å². The van der Waals surface area contributed by atoms with Gasteiger partial charge in [-0.1, -0.05) is 0 Å². The molecule has 1 fully saturated rings. The summed E-state index contributed by atoms with van der Waals surface area (Å²) in [6, 6.07) is 4.45. The maximum atomic E-state index is 12.1. The Labute approximate surface area is 181 Å². The number of nitrogens with zero attached hydrogens (tertiary/aromatic N) is 1. The molecule has 31 heavy (non-hydrogen) atoms. The van der Waals surface area contributed by atoms with Crippen molar-refractivity contribution < 1.29 is 33.3 Å². The molecule has 0 saturated carbocycles. The summed E-state index contributed by atoms with van der Waals surface area (Å²) in [6.07, 6.45) is 0.390. The molecule has 11 heteroatoms. The molecule has 4 amide bonds. The maximum absolute atomic E-state index is 12.1. The molecule has 1 aromatic carbocycles. The van der Waals surface area contributed by atoms with Crippen molar-refractivity contribution >= 4 is 29.2 Å². The Bertz CT molecular complexity index is 744. The topological polar surface area (TPSA) is 141 Å². The van der Waals surface area contributed by atoms with Crippen molar-refractivity contribution in [2.24, 2.45) is 5.73 Å². The van der Waals surface area contributed by atoms with Gasteiger partial charge in [-0.3, -0.25) is 19.8 Å². The summed E-state index contributed by atoms with van der Waals surface area (Å²) in [5, 5.41) is 5.03. The summed E-state index contributed by atoms with van der Waals surface area (Å²) in [5.41, 5.74) is 6.35. The minimum atomic E-state index is -0.504. The second-order valence-corrected chi connectivity index (χ2v) is 6.57. The number of ether oxygens (including phenoxy) is 4. The van der Waals surface area contributed by atoms with Gasteiger partial charge in [0.1, 0.15) is 5.75 Å². The first kappa shape index (κ1) is 24.5. The highest BCUT2D eigenvalue weighted by Gasteiger charge is 2.26. The van der Waals surface area contributed by atoms with Crippen LogP contribution >= 0.6 is 0 Å². The van der Waals surface area contributed by atoms with Crippen LogP contribution in [-0.4, -0.2) is 77.7 Å². The fourth-order valence-electron chi connectivity index (χ4n) is 2.79. The number of hydrogen-bond acceptors (Lipinski definition) is 8. The van der Waals surface area contributed by atoms with Crippen molar-refractivity contribution in [3.8, 4) is 5.75 Å². The highest BCUT2D eigenvalue weighted by molar-refractivity contribution is 6.06. The van der Waals surface area contributed by atoms with Crippen LogP contribution < -0.4 is 26.0 Å². The van der Waals surface area contributed by atoms with Crippen molar-refractivity contribution in [1.82, 2.24) is 5.32 Å². The number of nitrogens with two attached hydrogens (primary N) is 1. The van der Waals surface area contributed by atoms with Crippen molar-refractivity contribution in [3.05, 3.63) is 18.2 Å². The second kappa shape index (κ2) is 13.5. The van der Waals surface area contributed by atoms with E-state index in [9.17, 15) is 14.4 Å². The van der Waals surface area contributed by atoms with Crippen LogP contribution in [0.4, 0.5) is 16.2 Å². The molecule has 1 saturated heterocycles. The Hall–Kier alpha value is -2.73. The number of methoxy groups -OCH3 is 1. The van der Waals surface area contributed by atoms with Gasteiger partial charge in [0.05, 0.1) is 58.9 Å². The first-order valence-corrected chi connectivity index (χ1v) is 10.1. The second-order valence-electron chi connectivity index (χ2n) is 6.57. The van der Waals surface area contributed by atoms with E-state index < -0.39 is 6.03 Å². The molecule has 0 aromatic heterocycles. The number of anilines is 2. The Kier molecular flexibility index (Phi) is 10.7. The molecule has 2 rings (SSSR count). The minimum Gasteiger partial charge on any atom is -0.494 e. The molecule has 4 N–H and O–H groups in total. The van der Waals surface area contributed by atoms with E-state index in [0.717, 1.165) is 0 Å². The van der Waals surface area contributed by atoms with E-state index in [1.54, 1.807) is 18.2 Å². The molecule has 11 nitrogen and oxygen atoms in total. The molecule has 0 unspecified atom stereocenters. The third kappa shape index (κ3) is 8.50.